The van der Waals surface area contributed by atoms with Gasteiger partial charge in [-0.3, -0.25) is 4.79 Å². The maximum Gasteiger partial charge on any atom is 0.191 e. The van der Waals surface area contributed by atoms with Crippen LogP contribution in [-0.2, 0) is 19.4 Å². The molecule has 0 amide bonds. The van der Waals surface area contributed by atoms with Crippen molar-refractivity contribution in [2.45, 2.75) is 24.5 Å². The summed E-state index contributed by atoms with van der Waals surface area (Å²) in [6.07, 6.45) is 3.38. The van der Waals surface area contributed by atoms with Gasteiger partial charge in [0.1, 0.15) is 11.6 Å². The van der Waals surface area contributed by atoms with Crippen LogP contribution in [0.3, 0.4) is 0 Å². The average molecular weight is 391 g/mol. The fraction of sp³-hybridized carbons (Fsp3) is 0.227. The van der Waals surface area contributed by atoms with E-state index in [-0.39, 0.29) is 5.78 Å². The Bertz CT molecular complexity index is 998. The number of carbonyl (C=O) groups excluding carboxylic acids is 1. The van der Waals surface area contributed by atoms with Gasteiger partial charge in [-0.15, -0.1) is 16.8 Å². The summed E-state index contributed by atoms with van der Waals surface area (Å²) < 4.78 is 7.53. The van der Waals surface area contributed by atoms with Crippen molar-refractivity contribution in [2.75, 3.05) is 12.4 Å². The zero-order valence-electron chi connectivity index (χ0n) is 15.5. The molecule has 6 heteroatoms. The Labute approximate surface area is 168 Å². The molecule has 1 aliphatic rings. The molecule has 3 aromatic rings. The minimum Gasteiger partial charge on any atom is -0.493 e. The van der Waals surface area contributed by atoms with Crippen molar-refractivity contribution < 1.29 is 9.53 Å². The lowest BCUT2D eigenvalue weighted by molar-refractivity contribution is 0.102. The van der Waals surface area contributed by atoms with E-state index in [9.17, 15) is 4.79 Å². The zero-order chi connectivity index (χ0) is 19.3. The molecule has 2 aromatic carbocycles. The van der Waals surface area contributed by atoms with E-state index in [2.05, 4.69) is 28.9 Å². The third kappa shape index (κ3) is 4.02. The van der Waals surface area contributed by atoms with Crippen molar-refractivity contribution in [1.82, 2.24) is 14.8 Å². The number of Topliss-reactive ketones (excluding diaryl/α,β-unsaturated/α-hetero) is 1. The van der Waals surface area contributed by atoms with Crippen LogP contribution < -0.4 is 4.74 Å². The van der Waals surface area contributed by atoms with Gasteiger partial charge in [-0.25, -0.2) is 0 Å². The molecule has 0 bridgehead atoms. The molecule has 0 fully saturated rings. The molecule has 0 aliphatic carbocycles. The van der Waals surface area contributed by atoms with Gasteiger partial charge in [-0.1, -0.05) is 48.2 Å². The maximum atomic E-state index is 12.6. The number of ether oxygens (including phenoxy) is 1. The van der Waals surface area contributed by atoms with Crippen LogP contribution in [-0.4, -0.2) is 32.9 Å². The molecule has 28 heavy (non-hydrogen) atoms. The number of benzene rings is 2. The first-order chi connectivity index (χ1) is 13.7. The second-order valence-corrected chi connectivity index (χ2v) is 7.54. The third-order valence-electron chi connectivity index (χ3n) is 4.65. The highest BCUT2D eigenvalue weighted by molar-refractivity contribution is 7.99. The first kappa shape index (κ1) is 18.5. The first-order valence-electron chi connectivity index (χ1n) is 9.23. The zero-order valence-corrected chi connectivity index (χ0v) is 16.3. The quantitative estimate of drug-likeness (QED) is 0.330. The number of hydrogen-bond acceptors (Lipinski definition) is 5. The summed E-state index contributed by atoms with van der Waals surface area (Å²) in [5.41, 5.74) is 3.00. The number of fused-ring (bicyclic) bond motifs is 1. The van der Waals surface area contributed by atoms with Gasteiger partial charge in [0.15, 0.2) is 10.9 Å². The van der Waals surface area contributed by atoms with Crippen LogP contribution in [0.5, 0.6) is 5.75 Å². The van der Waals surface area contributed by atoms with E-state index in [1.807, 2.05) is 47.0 Å². The number of aromatic nitrogens is 3. The van der Waals surface area contributed by atoms with E-state index in [0.29, 0.717) is 25.3 Å². The lowest BCUT2D eigenvalue weighted by atomic mass is 10.1. The molecule has 142 valence electrons. The summed E-state index contributed by atoms with van der Waals surface area (Å²) in [7, 11) is 0. The highest BCUT2D eigenvalue weighted by Crippen LogP contribution is 2.27. The number of carbonyl (C=O) groups is 1. The number of hydrogen-bond donors (Lipinski definition) is 0. The fourth-order valence-corrected chi connectivity index (χ4v) is 4.08. The molecule has 4 rings (SSSR count). The highest BCUT2D eigenvalue weighted by atomic mass is 32.2. The lowest BCUT2D eigenvalue weighted by Gasteiger charge is -2.08. The molecule has 0 saturated heterocycles. The van der Waals surface area contributed by atoms with E-state index in [1.54, 1.807) is 0 Å². The van der Waals surface area contributed by atoms with E-state index in [1.165, 1.54) is 17.3 Å². The Balaban J connectivity index is 1.47. The van der Waals surface area contributed by atoms with Crippen LogP contribution in [0.2, 0.25) is 0 Å². The van der Waals surface area contributed by atoms with Gasteiger partial charge in [0.05, 0.1) is 12.4 Å². The molecule has 0 N–H and O–H groups in total. The molecule has 0 radical (unpaired) electrons. The molecular weight excluding hydrogens is 370 g/mol. The molecule has 0 unspecified atom stereocenters. The SMILES string of the molecule is C=CCn1c(Cc2ccccc2)nnc1SCC(=O)c1ccc2c(c1)CCO2. The maximum absolute atomic E-state index is 12.6. The minimum atomic E-state index is 0.0810. The molecule has 0 atom stereocenters. The topological polar surface area (TPSA) is 57.0 Å². The van der Waals surface area contributed by atoms with Crippen molar-refractivity contribution in [1.29, 1.82) is 0 Å². The Morgan fingerprint density at radius 1 is 1.21 bits per heavy atom. The number of thioether (sulfide) groups is 1. The first-order valence-corrected chi connectivity index (χ1v) is 10.2. The molecule has 1 aliphatic heterocycles. The van der Waals surface area contributed by atoms with Crippen molar-refractivity contribution >= 4 is 17.5 Å². The van der Waals surface area contributed by atoms with Gasteiger partial charge in [0, 0.05) is 24.9 Å². The van der Waals surface area contributed by atoms with E-state index >= 15 is 0 Å². The Kier molecular flexibility index (Phi) is 5.58. The van der Waals surface area contributed by atoms with E-state index in [4.69, 9.17) is 4.74 Å². The highest BCUT2D eigenvalue weighted by Gasteiger charge is 2.17. The predicted molar refractivity (Wildman–Crippen MR) is 110 cm³/mol. The summed E-state index contributed by atoms with van der Waals surface area (Å²) in [4.78, 5) is 12.6. The van der Waals surface area contributed by atoms with Gasteiger partial charge in [0.2, 0.25) is 0 Å². The summed E-state index contributed by atoms with van der Waals surface area (Å²) in [5.74, 6) is 2.16. The summed E-state index contributed by atoms with van der Waals surface area (Å²) in [5, 5.41) is 9.39. The fourth-order valence-electron chi connectivity index (χ4n) is 3.22. The number of ketones is 1. The van der Waals surface area contributed by atoms with Crippen LogP contribution in [0.4, 0.5) is 0 Å². The molecule has 2 heterocycles. The summed E-state index contributed by atoms with van der Waals surface area (Å²) in [6, 6.07) is 15.8. The second-order valence-electron chi connectivity index (χ2n) is 6.59. The van der Waals surface area contributed by atoms with Crippen molar-refractivity contribution in [3.8, 4) is 5.75 Å². The monoisotopic (exact) mass is 391 g/mol. The largest absolute Gasteiger partial charge is 0.493 e. The van der Waals surface area contributed by atoms with Gasteiger partial charge in [0.25, 0.3) is 0 Å². The Morgan fingerprint density at radius 3 is 2.89 bits per heavy atom. The number of nitrogens with zero attached hydrogens (tertiary/aromatic N) is 3. The van der Waals surface area contributed by atoms with Crippen molar-refractivity contribution in [2.24, 2.45) is 0 Å². The van der Waals surface area contributed by atoms with Crippen LogP contribution in [0.1, 0.15) is 27.3 Å². The Morgan fingerprint density at radius 2 is 2.07 bits per heavy atom. The minimum absolute atomic E-state index is 0.0810. The van der Waals surface area contributed by atoms with Crippen LogP contribution in [0, 0.1) is 0 Å². The molecule has 1 aromatic heterocycles. The smallest absolute Gasteiger partial charge is 0.191 e. The van der Waals surface area contributed by atoms with Gasteiger partial charge in [-0.05, 0) is 29.3 Å². The summed E-state index contributed by atoms with van der Waals surface area (Å²) >= 11 is 1.42. The summed E-state index contributed by atoms with van der Waals surface area (Å²) in [6.45, 7) is 5.14. The predicted octanol–water partition coefficient (Wildman–Crippen LogP) is 3.96. The standard InChI is InChI=1S/C22H21N3O2S/c1-2-11-25-21(13-16-6-4-3-5-7-16)23-24-22(25)28-15-19(26)17-8-9-20-18(14-17)10-12-27-20/h2-9,14H,1,10-13,15H2. The number of rotatable bonds is 8. The normalized spacial score (nSPS) is 12.4. The molecule has 0 spiro atoms. The van der Waals surface area contributed by atoms with E-state index in [0.717, 1.165) is 34.3 Å². The van der Waals surface area contributed by atoms with E-state index < -0.39 is 0 Å². The van der Waals surface area contributed by atoms with Crippen molar-refractivity contribution in [3.05, 3.63) is 83.7 Å². The van der Waals surface area contributed by atoms with Crippen LogP contribution >= 0.6 is 11.8 Å². The van der Waals surface area contributed by atoms with Crippen LogP contribution in [0.25, 0.3) is 0 Å². The molecular formula is C22H21N3O2S. The molecule has 0 saturated carbocycles. The lowest BCUT2D eigenvalue weighted by Crippen LogP contribution is -2.07. The average Bonchev–Trinajstić information content (AvgIpc) is 3.34. The molecule has 5 nitrogen and oxygen atoms in total. The third-order valence-corrected chi connectivity index (χ3v) is 5.62. The van der Waals surface area contributed by atoms with Gasteiger partial charge >= 0.3 is 0 Å². The van der Waals surface area contributed by atoms with Gasteiger partial charge in [-0.2, -0.15) is 0 Å². The van der Waals surface area contributed by atoms with Crippen LogP contribution in [0.15, 0.2) is 66.3 Å². The second kappa shape index (κ2) is 8.44. The van der Waals surface area contributed by atoms with Gasteiger partial charge < -0.3 is 9.30 Å². The van der Waals surface area contributed by atoms with Crippen molar-refractivity contribution in [3.63, 3.8) is 0 Å². The number of allylic oxidation sites excluding steroid dienone is 1. The Hall–Kier alpha value is -2.86.